The van der Waals surface area contributed by atoms with E-state index in [1.165, 1.54) is 11.8 Å². The molecule has 1 fully saturated rings. The van der Waals surface area contributed by atoms with Crippen molar-refractivity contribution in [2.45, 2.75) is 39.3 Å². The zero-order valence-electron chi connectivity index (χ0n) is 17.0. The fourth-order valence-electron chi connectivity index (χ4n) is 3.08. The molecule has 0 saturated carbocycles. The van der Waals surface area contributed by atoms with Crippen molar-refractivity contribution in [1.29, 1.82) is 0 Å². The predicted molar refractivity (Wildman–Crippen MR) is 105 cm³/mol. The van der Waals surface area contributed by atoms with Gasteiger partial charge in [0, 0.05) is 18.7 Å². The van der Waals surface area contributed by atoms with Crippen LogP contribution >= 0.6 is 0 Å². The van der Waals surface area contributed by atoms with Crippen molar-refractivity contribution >= 4 is 29.4 Å². The SMILES string of the molecule is COc1ccc(N2CC(C(=O)NC(C)C(=O)NC(C(=O)O)C(C)C)CC2=O)cc1. The van der Waals surface area contributed by atoms with Gasteiger partial charge in [-0.1, -0.05) is 13.8 Å². The summed E-state index contributed by atoms with van der Waals surface area (Å²) in [6, 6.07) is 4.98. The Morgan fingerprint density at radius 2 is 1.76 bits per heavy atom. The van der Waals surface area contributed by atoms with Crippen LogP contribution < -0.4 is 20.3 Å². The number of carboxylic acid groups (broad SMARTS) is 1. The van der Waals surface area contributed by atoms with Crippen LogP contribution in [0.5, 0.6) is 5.75 Å². The molecule has 1 heterocycles. The number of nitrogens with one attached hydrogen (secondary N) is 2. The summed E-state index contributed by atoms with van der Waals surface area (Å²) in [5, 5.41) is 14.2. The first kappa shape index (κ1) is 22.2. The van der Waals surface area contributed by atoms with Crippen molar-refractivity contribution < 1.29 is 29.0 Å². The van der Waals surface area contributed by atoms with Gasteiger partial charge < -0.3 is 25.4 Å². The maximum absolute atomic E-state index is 12.5. The van der Waals surface area contributed by atoms with Gasteiger partial charge >= 0.3 is 5.97 Å². The molecule has 1 aromatic carbocycles. The Hall–Kier alpha value is -3.10. The number of hydrogen-bond acceptors (Lipinski definition) is 5. The molecular formula is C20H27N3O6. The molecule has 158 valence electrons. The molecule has 3 atom stereocenters. The summed E-state index contributed by atoms with van der Waals surface area (Å²) in [5.74, 6) is -2.56. The van der Waals surface area contributed by atoms with Crippen LogP contribution in [0.4, 0.5) is 5.69 Å². The molecule has 3 N–H and O–H groups in total. The van der Waals surface area contributed by atoms with Crippen LogP contribution in [0.1, 0.15) is 27.2 Å². The Balaban J connectivity index is 1.95. The van der Waals surface area contributed by atoms with Gasteiger partial charge in [0.25, 0.3) is 0 Å². The first-order valence-corrected chi connectivity index (χ1v) is 9.42. The Kier molecular flexibility index (Phi) is 7.19. The molecule has 1 aromatic rings. The number of carbonyl (C=O) groups excluding carboxylic acids is 3. The van der Waals surface area contributed by atoms with Gasteiger partial charge in [0.15, 0.2) is 0 Å². The number of benzene rings is 1. The van der Waals surface area contributed by atoms with E-state index in [1.54, 1.807) is 45.2 Å². The normalized spacial score (nSPS) is 18.3. The number of ether oxygens (including phenoxy) is 1. The third kappa shape index (κ3) is 5.46. The minimum absolute atomic E-state index is 0.0376. The van der Waals surface area contributed by atoms with Crippen LogP contribution in [-0.4, -0.2) is 54.5 Å². The zero-order valence-corrected chi connectivity index (χ0v) is 17.0. The predicted octanol–water partition coefficient (Wildman–Crippen LogP) is 0.778. The molecule has 1 aliphatic heterocycles. The molecule has 9 nitrogen and oxygen atoms in total. The van der Waals surface area contributed by atoms with Gasteiger partial charge in [0.1, 0.15) is 17.8 Å². The third-order valence-electron chi connectivity index (χ3n) is 4.86. The van der Waals surface area contributed by atoms with E-state index in [4.69, 9.17) is 4.74 Å². The number of carbonyl (C=O) groups is 4. The molecule has 3 amide bonds. The zero-order chi connectivity index (χ0) is 21.7. The quantitative estimate of drug-likeness (QED) is 0.587. The molecule has 3 unspecified atom stereocenters. The summed E-state index contributed by atoms with van der Waals surface area (Å²) in [6.45, 7) is 5.04. The Morgan fingerprint density at radius 3 is 2.28 bits per heavy atom. The van der Waals surface area contributed by atoms with Gasteiger partial charge in [-0.25, -0.2) is 4.79 Å². The maximum Gasteiger partial charge on any atom is 0.326 e. The maximum atomic E-state index is 12.5. The monoisotopic (exact) mass is 405 g/mol. The lowest BCUT2D eigenvalue weighted by Gasteiger charge is -2.22. The van der Waals surface area contributed by atoms with E-state index >= 15 is 0 Å². The third-order valence-corrected chi connectivity index (χ3v) is 4.86. The number of methoxy groups -OCH3 is 1. The van der Waals surface area contributed by atoms with E-state index in [0.717, 1.165) is 0 Å². The van der Waals surface area contributed by atoms with Crippen LogP contribution in [-0.2, 0) is 19.2 Å². The Labute approximate surface area is 169 Å². The van der Waals surface area contributed by atoms with Crippen LogP contribution in [0.25, 0.3) is 0 Å². The molecule has 0 aromatic heterocycles. The molecule has 0 spiro atoms. The van der Waals surface area contributed by atoms with Gasteiger partial charge in [-0.05, 0) is 37.1 Å². The molecule has 0 radical (unpaired) electrons. The second-order valence-corrected chi connectivity index (χ2v) is 7.40. The highest BCUT2D eigenvalue weighted by Gasteiger charge is 2.36. The minimum atomic E-state index is -1.14. The van der Waals surface area contributed by atoms with Gasteiger partial charge in [-0.2, -0.15) is 0 Å². The average molecular weight is 405 g/mol. The molecule has 29 heavy (non-hydrogen) atoms. The lowest BCUT2D eigenvalue weighted by Crippen LogP contribution is -2.52. The number of anilines is 1. The second kappa shape index (κ2) is 9.40. The van der Waals surface area contributed by atoms with Crippen molar-refractivity contribution in [3.05, 3.63) is 24.3 Å². The molecular weight excluding hydrogens is 378 g/mol. The van der Waals surface area contributed by atoms with Gasteiger partial charge in [-0.3, -0.25) is 14.4 Å². The summed E-state index contributed by atoms with van der Waals surface area (Å²) >= 11 is 0. The number of hydrogen-bond donors (Lipinski definition) is 3. The van der Waals surface area contributed by atoms with E-state index in [0.29, 0.717) is 11.4 Å². The van der Waals surface area contributed by atoms with Crippen molar-refractivity contribution in [3.63, 3.8) is 0 Å². The lowest BCUT2D eigenvalue weighted by atomic mass is 10.0. The summed E-state index contributed by atoms with van der Waals surface area (Å²) in [6.07, 6.45) is 0.0376. The van der Waals surface area contributed by atoms with Gasteiger partial charge in [0.2, 0.25) is 17.7 Å². The Morgan fingerprint density at radius 1 is 1.14 bits per heavy atom. The highest BCUT2D eigenvalue weighted by molar-refractivity contribution is 6.01. The largest absolute Gasteiger partial charge is 0.497 e. The highest BCUT2D eigenvalue weighted by Crippen LogP contribution is 2.27. The van der Waals surface area contributed by atoms with E-state index in [9.17, 15) is 24.3 Å². The molecule has 1 saturated heterocycles. The fourth-order valence-corrected chi connectivity index (χ4v) is 3.08. The number of nitrogens with zero attached hydrogens (tertiary/aromatic N) is 1. The molecule has 1 aliphatic rings. The highest BCUT2D eigenvalue weighted by atomic mass is 16.5. The summed E-state index contributed by atoms with van der Waals surface area (Å²) in [5.41, 5.74) is 0.665. The topological polar surface area (TPSA) is 125 Å². The Bertz CT molecular complexity index is 777. The first-order valence-electron chi connectivity index (χ1n) is 9.42. The summed E-state index contributed by atoms with van der Waals surface area (Å²) in [7, 11) is 1.55. The van der Waals surface area contributed by atoms with Crippen molar-refractivity contribution in [1.82, 2.24) is 10.6 Å². The summed E-state index contributed by atoms with van der Waals surface area (Å²) in [4.78, 5) is 49.9. The van der Waals surface area contributed by atoms with Crippen LogP contribution in [0.3, 0.4) is 0 Å². The van der Waals surface area contributed by atoms with Crippen molar-refractivity contribution in [3.8, 4) is 5.75 Å². The van der Waals surface area contributed by atoms with Crippen molar-refractivity contribution in [2.75, 3.05) is 18.6 Å². The van der Waals surface area contributed by atoms with Gasteiger partial charge in [0.05, 0.1) is 13.0 Å². The van der Waals surface area contributed by atoms with Crippen LogP contribution in [0, 0.1) is 11.8 Å². The van der Waals surface area contributed by atoms with Crippen LogP contribution in [0.15, 0.2) is 24.3 Å². The van der Waals surface area contributed by atoms with Gasteiger partial charge in [-0.15, -0.1) is 0 Å². The lowest BCUT2D eigenvalue weighted by molar-refractivity contribution is -0.143. The second-order valence-electron chi connectivity index (χ2n) is 7.40. The van der Waals surface area contributed by atoms with Crippen molar-refractivity contribution in [2.24, 2.45) is 11.8 Å². The standard InChI is InChI=1S/C20H27N3O6/c1-11(2)17(20(27)28)22-18(25)12(3)21-19(26)13-9-16(24)23(10-13)14-5-7-15(29-4)8-6-14/h5-8,11-13,17H,9-10H2,1-4H3,(H,21,26)(H,22,25)(H,27,28). The number of aliphatic carboxylic acids is 1. The molecule has 0 bridgehead atoms. The first-order chi connectivity index (χ1) is 13.6. The number of amides is 3. The molecule has 2 rings (SSSR count). The van der Waals surface area contributed by atoms with Crippen LogP contribution in [0.2, 0.25) is 0 Å². The van der Waals surface area contributed by atoms with E-state index in [1.807, 2.05) is 0 Å². The van der Waals surface area contributed by atoms with E-state index in [2.05, 4.69) is 10.6 Å². The number of carboxylic acids is 1. The molecule has 9 heteroatoms. The minimum Gasteiger partial charge on any atom is -0.497 e. The smallest absolute Gasteiger partial charge is 0.326 e. The fraction of sp³-hybridized carbons (Fsp3) is 0.500. The molecule has 0 aliphatic carbocycles. The average Bonchev–Trinajstić information content (AvgIpc) is 3.07. The van der Waals surface area contributed by atoms with E-state index < -0.39 is 35.8 Å². The summed E-state index contributed by atoms with van der Waals surface area (Å²) < 4.78 is 5.10. The number of rotatable bonds is 8. The van der Waals surface area contributed by atoms with E-state index in [-0.39, 0.29) is 24.8 Å².